The van der Waals surface area contributed by atoms with Crippen molar-refractivity contribution >= 4 is 5.69 Å². The van der Waals surface area contributed by atoms with E-state index in [-0.39, 0.29) is 0 Å². The first-order valence-electron chi connectivity index (χ1n) is 9.41. The molecule has 3 aromatic rings. The highest BCUT2D eigenvalue weighted by molar-refractivity contribution is 5.64. The van der Waals surface area contributed by atoms with Crippen molar-refractivity contribution < 1.29 is 0 Å². The maximum atomic E-state index is 4.42. The second-order valence-electron chi connectivity index (χ2n) is 6.93. The second kappa shape index (κ2) is 9.72. The Morgan fingerprint density at radius 3 is 2.33 bits per heavy atom. The normalized spacial score (nSPS) is 9.96. The molecule has 0 aliphatic carbocycles. The third-order valence-corrected chi connectivity index (χ3v) is 4.48. The van der Waals surface area contributed by atoms with Crippen molar-refractivity contribution in [1.82, 2.24) is 4.98 Å². The smallest absolute Gasteiger partial charge is 0.0731 e. The number of hydrogen-bond acceptors (Lipinski definition) is 2. The Morgan fingerprint density at radius 2 is 1.70 bits per heavy atom. The van der Waals surface area contributed by atoms with Crippen LogP contribution in [0.2, 0.25) is 0 Å². The standard InChI is InChI=1S/C14H15N.C11H15N/c1-10-6-7-13(9-12(10)3)14-11(2)5-4-8-15-14;1-4-10-6-5-7-11(8-10)12-9(2)3/h4-9H,1-3H3;5-8,12H,2,4H2,1,3H3. The van der Waals surface area contributed by atoms with Crippen LogP contribution in [-0.2, 0) is 6.42 Å². The van der Waals surface area contributed by atoms with Gasteiger partial charge in [0, 0.05) is 23.1 Å². The van der Waals surface area contributed by atoms with Gasteiger partial charge in [0.25, 0.3) is 0 Å². The number of nitrogens with one attached hydrogen (secondary N) is 1. The number of allylic oxidation sites excluding steroid dienone is 1. The van der Waals surface area contributed by atoms with Gasteiger partial charge in [0.2, 0.25) is 0 Å². The Labute approximate surface area is 164 Å². The third kappa shape index (κ3) is 6.10. The molecule has 0 fully saturated rings. The van der Waals surface area contributed by atoms with Crippen molar-refractivity contribution in [2.75, 3.05) is 5.32 Å². The van der Waals surface area contributed by atoms with Gasteiger partial charge in [-0.05, 0) is 80.6 Å². The fraction of sp³-hybridized carbons (Fsp3) is 0.240. The van der Waals surface area contributed by atoms with E-state index in [2.05, 4.69) is 87.0 Å². The van der Waals surface area contributed by atoms with Gasteiger partial charge in [-0.15, -0.1) is 0 Å². The molecule has 1 aromatic heterocycles. The van der Waals surface area contributed by atoms with E-state index in [0.717, 1.165) is 23.5 Å². The van der Waals surface area contributed by atoms with E-state index in [9.17, 15) is 0 Å². The lowest BCUT2D eigenvalue weighted by Crippen LogP contribution is -1.93. The summed E-state index contributed by atoms with van der Waals surface area (Å²) in [6.07, 6.45) is 2.92. The maximum Gasteiger partial charge on any atom is 0.0731 e. The predicted octanol–water partition coefficient (Wildman–Crippen LogP) is 6.87. The van der Waals surface area contributed by atoms with E-state index in [1.807, 2.05) is 25.3 Å². The van der Waals surface area contributed by atoms with Crippen LogP contribution in [0.4, 0.5) is 5.69 Å². The van der Waals surface area contributed by atoms with E-state index in [0.29, 0.717) is 0 Å². The van der Waals surface area contributed by atoms with Gasteiger partial charge in [-0.1, -0.05) is 43.8 Å². The summed E-state index contributed by atoms with van der Waals surface area (Å²) in [6.45, 7) is 14.3. The molecule has 1 N–H and O–H groups in total. The molecule has 2 nitrogen and oxygen atoms in total. The topological polar surface area (TPSA) is 24.9 Å². The van der Waals surface area contributed by atoms with Gasteiger partial charge in [-0.3, -0.25) is 4.98 Å². The molecule has 3 rings (SSSR count). The molecule has 0 amide bonds. The molecule has 2 heteroatoms. The molecule has 0 unspecified atom stereocenters. The molecule has 140 valence electrons. The van der Waals surface area contributed by atoms with Crippen molar-refractivity contribution in [3.8, 4) is 11.3 Å². The quantitative estimate of drug-likeness (QED) is 0.550. The molecule has 0 aliphatic rings. The zero-order valence-corrected chi connectivity index (χ0v) is 17.1. The van der Waals surface area contributed by atoms with Crippen molar-refractivity contribution in [3.63, 3.8) is 0 Å². The van der Waals surface area contributed by atoms with E-state index in [4.69, 9.17) is 0 Å². The minimum atomic E-state index is 0.975. The van der Waals surface area contributed by atoms with Crippen molar-refractivity contribution in [2.24, 2.45) is 0 Å². The highest BCUT2D eigenvalue weighted by atomic mass is 14.9. The predicted molar refractivity (Wildman–Crippen MR) is 118 cm³/mol. The fourth-order valence-electron chi connectivity index (χ4n) is 2.79. The van der Waals surface area contributed by atoms with Crippen LogP contribution in [0.25, 0.3) is 11.3 Å². The minimum absolute atomic E-state index is 0.975. The molecule has 27 heavy (non-hydrogen) atoms. The molecule has 2 aromatic carbocycles. The molecule has 0 aliphatic heterocycles. The molecular weight excluding hydrogens is 328 g/mol. The number of benzene rings is 2. The Balaban J connectivity index is 0.000000199. The molecule has 0 saturated heterocycles. The number of hydrogen-bond donors (Lipinski definition) is 1. The van der Waals surface area contributed by atoms with Gasteiger partial charge < -0.3 is 5.32 Å². The molecular formula is C25H30N2. The molecule has 0 spiro atoms. The summed E-state index contributed by atoms with van der Waals surface area (Å²) in [6, 6.07) is 18.9. The summed E-state index contributed by atoms with van der Waals surface area (Å²) in [5, 5.41) is 3.18. The second-order valence-corrected chi connectivity index (χ2v) is 6.93. The van der Waals surface area contributed by atoms with Crippen LogP contribution in [0, 0.1) is 20.8 Å². The van der Waals surface area contributed by atoms with Crippen LogP contribution in [-0.4, -0.2) is 4.98 Å². The number of anilines is 1. The molecule has 0 radical (unpaired) electrons. The SMILES string of the molecule is C=C(C)Nc1cccc(CC)c1.Cc1ccc(-c2ncccc2C)cc1C. The Morgan fingerprint density at radius 1 is 0.926 bits per heavy atom. The number of rotatable bonds is 4. The van der Waals surface area contributed by atoms with E-state index in [1.165, 1.54) is 27.8 Å². The number of nitrogens with zero attached hydrogens (tertiary/aromatic N) is 1. The van der Waals surface area contributed by atoms with Crippen molar-refractivity contribution in [3.05, 3.63) is 95.3 Å². The number of aryl methyl sites for hydroxylation is 4. The fourth-order valence-corrected chi connectivity index (χ4v) is 2.79. The monoisotopic (exact) mass is 358 g/mol. The Hall–Kier alpha value is -2.87. The Bertz CT molecular complexity index is 910. The Kier molecular flexibility index (Phi) is 7.36. The van der Waals surface area contributed by atoms with Gasteiger partial charge in [0.15, 0.2) is 0 Å². The van der Waals surface area contributed by atoms with Crippen LogP contribution in [0.5, 0.6) is 0 Å². The van der Waals surface area contributed by atoms with Crippen LogP contribution < -0.4 is 5.32 Å². The highest BCUT2D eigenvalue weighted by Gasteiger charge is 2.03. The number of pyridine rings is 1. The summed E-state index contributed by atoms with van der Waals surface area (Å²) in [7, 11) is 0. The zero-order valence-electron chi connectivity index (χ0n) is 17.1. The van der Waals surface area contributed by atoms with E-state index in [1.54, 1.807) is 0 Å². The highest BCUT2D eigenvalue weighted by Crippen LogP contribution is 2.22. The summed E-state index contributed by atoms with van der Waals surface area (Å²) in [4.78, 5) is 4.42. The summed E-state index contributed by atoms with van der Waals surface area (Å²) >= 11 is 0. The lowest BCUT2D eigenvalue weighted by Gasteiger charge is -2.06. The minimum Gasteiger partial charge on any atom is -0.360 e. The first kappa shape index (κ1) is 20.4. The molecule has 0 saturated carbocycles. The zero-order chi connectivity index (χ0) is 19.8. The van der Waals surface area contributed by atoms with Crippen LogP contribution >= 0.6 is 0 Å². The van der Waals surface area contributed by atoms with Gasteiger partial charge in [-0.2, -0.15) is 0 Å². The molecule has 1 heterocycles. The van der Waals surface area contributed by atoms with Crippen LogP contribution in [0.3, 0.4) is 0 Å². The van der Waals surface area contributed by atoms with Gasteiger partial charge in [0.05, 0.1) is 5.69 Å². The van der Waals surface area contributed by atoms with Crippen molar-refractivity contribution in [2.45, 2.75) is 41.0 Å². The van der Waals surface area contributed by atoms with Gasteiger partial charge in [-0.25, -0.2) is 0 Å². The van der Waals surface area contributed by atoms with E-state index < -0.39 is 0 Å². The average Bonchev–Trinajstić information content (AvgIpc) is 2.65. The summed E-state index contributed by atoms with van der Waals surface area (Å²) < 4.78 is 0. The van der Waals surface area contributed by atoms with Crippen LogP contribution in [0.15, 0.2) is 73.1 Å². The lowest BCUT2D eigenvalue weighted by atomic mass is 10.0. The summed E-state index contributed by atoms with van der Waals surface area (Å²) in [5.41, 5.74) is 9.61. The number of aromatic nitrogens is 1. The molecule has 0 bridgehead atoms. The average molecular weight is 359 g/mol. The molecule has 0 atom stereocenters. The van der Waals surface area contributed by atoms with Gasteiger partial charge in [0.1, 0.15) is 0 Å². The first-order valence-corrected chi connectivity index (χ1v) is 9.41. The lowest BCUT2D eigenvalue weighted by molar-refractivity contribution is 1.14. The largest absolute Gasteiger partial charge is 0.360 e. The maximum absolute atomic E-state index is 4.42. The van der Waals surface area contributed by atoms with Crippen LogP contribution in [0.1, 0.15) is 36.1 Å². The third-order valence-electron chi connectivity index (χ3n) is 4.48. The van der Waals surface area contributed by atoms with E-state index >= 15 is 0 Å². The van der Waals surface area contributed by atoms with Gasteiger partial charge >= 0.3 is 0 Å². The summed E-state index contributed by atoms with van der Waals surface area (Å²) in [5.74, 6) is 0. The van der Waals surface area contributed by atoms with Crippen molar-refractivity contribution in [1.29, 1.82) is 0 Å². The first-order chi connectivity index (χ1) is 12.9.